The number of hydrogen-bond donors (Lipinski definition) is 1. The van der Waals surface area contributed by atoms with Crippen LogP contribution in [0.3, 0.4) is 0 Å². The molecule has 0 bridgehead atoms. The van der Waals surface area contributed by atoms with Crippen LogP contribution in [-0.2, 0) is 0 Å². The molecule has 9 heteroatoms. The van der Waals surface area contributed by atoms with Crippen LogP contribution < -0.4 is 5.32 Å². The molecule has 5 rings (SSSR count). The van der Waals surface area contributed by atoms with Crippen LogP contribution in [0.25, 0.3) is 27.8 Å². The Bertz CT molecular complexity index is 1280. The molecule has 156 valence electrons. The van der Waals surface area contributed by atoms with Crippen molar-refractivity contribution in [3.63, 3.8) is 0 Å². The number of anilines is 1. The minimum absolute atomic E-state index is 0.103. The molecule has 2 amide bonds. The average Bonchev–Trinajstić information content (AvgIpc) is 3.17. The Morgan fingerprint density at radius 1 is 1.03 bits per heavy atom. The number of aromatic nitrogens is 3. The molecule has 1 fully saturated rings. The number of carbonyl (C=O) groups is 1. The number of likely N-dealkylation sites (tertiary alicyclic amines) is 1. The molecule has 1 N–H and O–H groups in total. The first-order valence-corrected chi connectivity index (χ1v) is 9.52. The Morgan fingerprint density at radius 3 is 2.55 bits per heavy atom. The molecule has 1 aliphatic heterocycles. The summed E-state index contributed by atoms with van der Waals surface area (Å²) in [6, 6.07) is 14.9. The van der Waals surface area contributed by atoms with E-state index in [2.05, 4.69) is 15.4 Å². The lowest BCUT2D eigenvalue weighted by Gasteiger charge is -2.38. The Labute approximate surface area is 174 Å². The molecule has 6 nitrogen and oxygen atoms in total. The third-order valence-electron chi connectivity index (χ3n) is 5.04. The topological polar surface area (TPSA) is 63.1 Å². The summed E-state index contributed by atoms with van der Waals surface area (Å²) >= 11 is 0. The fourth-order valence-electron chi connectivity index (χ4n) is 3.45. The molecule has 0 atom stereocenters. The molecule has 31 heavy (non-hydrogen) atoms. The van der Waals surface area contributed by atoms with E-state index in [0.717, 1.165) is 21.4 Å². The van der Waals surface area contributed by atoms with Crippen LogP contribution in [0.5, 0.6) is 0 Å². The second-order valence-corrected chi connectivity index (χ2v) is 7.38. The zero-order chi connectivity index (χ0) is 21.6. The summed E-state index contributed by atoms with van der Waals surface area (Å²) in [5.74, 6) is -3.41. The lowest BCUT2D eigenvalue weighted by Crippen LogP contribution is -2.59. The number of urea groups is 1. The average molecular weight is 423 g/mol. The van der Waals surface area contributed by atoms with Gasteiger partial charge in [-0.3, -0.25) is 0 Å². The highest BCUT2D eigenvalue weighted by molar-refractivity contribution is 5.90. The molecule has 2 aromatic heterocycles. The largest absolute Gasteiger partial charge is 0.322 e. The first kappa shape index (κ1) is 19.1. The fraction of sp³-hybridized carbons (Fsp3) is 0.136. The van der Waals surface area contributed by atoms with Crippen LogP contribution in [0.15, 0.2) is 67.0 Å². The monoisotopic (exact) mass is 423 g/mol. The molecule has 0 saturated carbocycles. The first-order chi connectivity index (χ1) is 14.9. The highest BCUT2D eigenvalue weighted by Crippen LogP contribution is 2.28. The fourth-order valence-corrected chi connectivity index (χ4v) is 3.45. The standard InChI is InChI=1S/C22H16F3N5O/c23-18-7-6-17(27-21(31)29-12-22(24,25)13-29)9-19(18)30-11-16-8-15(10-26-20(16)28-30)14-4-2-1-3-5-14/h1-11H,12-13H2,(H,27,31). The van der Waals surface area contributed by atoms with Gasteiger partial charge in [-0.15, -0.1) is 5.10 Å². The molecule has 0 spiro atoms. The van der Waals surface area contributed by atoms with E-state index in [4.69, 9.17) is 0 Å². The number of rotatable bonds is 3. The van der Waals surface area contributed by atoms with E-state index in [1.807, 2.05) is 36.4 Å². The van der Waals surface area contributed by atoms with Crippen LogP contribution in [0.4, 0.5) is 23.7 Å². The Kier molecular flexibility index (Phi) is 4.39. The molecule has 1 aliphatic rings. The molecule has 1 saturated heterocycles. The van der Waals surface area contributed by atoms with Crippen molar-refractivity contribution in [1.82, 2.24) is 19.7 Å². The number of pyridine rings is 1. The summed E-state index contributed by atoms with van der Waals surface area (Å²) in [6.07, 6.45) is 3.35. The second kappa shape index (κ2) is 7.12. The number of nitrogens with one attached hydrogen (secondary N) is 1. The Hall–Kier alpha value is -3.88. The van der Waals surface area contributed by atoms with E-state index in [-0.39, 0.29) is 11.4 Å². The van der Waals surface area contributed by atoms with E-state index >= 15 is 0 Å². The number of amides is 2. The van der Waals surface area contributed by atoms with Crippen LogP contribution in [-0.4, -0.2) is 44.7 Å². The summed E-state index contributed by atoms with van der Waals surface area (Å²) in [7, 11) is 0. The van der Waals surface area contributed by atoms with E-state index in [0.29, 0.717) is 5.65 Å². The lowest BCUT2D eigenvalue weighted by atomic mass is 10.1. The van der Waals surface area contributed by atoms with Crippen molar-refractivity contribution in [1.29, 1.82) is 0 Å². The van der Waals surface area contributed by atoms with E-state index in [1.54, 1.807) is 12.4 Å². The maximum atomic E-state index is 14.5. The van der Waals surface area contributed by atoms with Crippen LogP contribution in [0.2, 0.25) is 0 Å². The SMILES string of the molecule is O=C(Nc1ccc(F)c(-n2cc3cc(-c4ccccc4)cnc3n2)c1)N1CC(F)(F)C1. The summed E-state index contributed by atoms with van der Waals surface area (Å²) in [6.45, 7) is -1.26. The number of halogens is 3. The van der Waals surface area contributed by atoms with Gasteiger partial charge in [0, 0.05) is 29.0 Å². The van der Waals surface area contributed by atoms with Gasteiger partial charge >= 0.3 is 6.03 Å². The van der Waals surface area contributed by atoms with Crippen molar-refractivity contribution in [2.24, 2.45) is 0 Å². The van der Waals surface area contributed by atoms with Crippen molar-refractivity contribution in [3.05, 3.63) is 72.8 Å². The number of nitrogens with zero attached hydrogens (tertiary/aromatic N) is 4. The highest BCUT2D eigenvalue weighted by Gasteiger charge is 2.46. The number of alkyl halides is 2. The Morgan fingerprint density at radius 2 is 1.81 bits per heavy atom. The normalized spacial score (nSPS) is 15.0. The van der Waals surface area contributed by atoms with Crippen LogP contribution in [0, 0.1) is 5.82 Å². The summed E-state index contributed by atoms with van der Waals surface area (Å²) in [5.41, 5.74) is 2.72. The van der Waals surface area contributed by atoms with Gasteiger partial charge in [-0.1, -0.05) is 30.3 Å². The summed E-state index contributed by atoms with van der Waals surface area (Å²) in [4.78, 5) is 17.4. The van der Waals surface area contributed by atoms with Gasteiger partial charge in [0.05, 0.1) is 13.1 Å². The quantitative estimate of drug-likeness (QED) is 0.519. The Balaban J connectivity index is 1.43. The number of carbonyl (C=O) groups excluding carboxylic acids is 1. The van der Waals surface area contributed by atoms with Gasteiger partial charge in [0.25, 0.3) is 5.92 Å². The van der Waals surface area contributed by atoms with Gasteiger partial charge in [0.1, 0.15) is 11.5 Å². The van der Waals surface area contributed by atoms with Crippen molar-refractivity contribution in [2.45, 2.75) is 5.92 Å². The van der Waals surface area contributed by atoms with Crippen molar-refractivity contribution in [3.8, 4) is 16.8 Å². The zero-order valence-corrected chi connectivity index (χ0v) is 16.1. The molecule has 2 aromatic carbocycles. The maximum absolute atomic E-state index is 14.5. The first-order valence-electron chi connectivity index (χ1n) is 9.52. The molecule has 0 radical (unpaired) electrons. The van der Waals surface area contributed by atoms with Gasteiger partial charge in [-0.25, -0.2) is 27.6 Å². The summed E-state index contributed by atoms with van der Waals surface area (Å²) < 4.78 is 41.8. The highest BCUT2D eigenvalue weighted by atomic mass is 19.3. The van der Waals surface area contributed by atoms with Crippen LogP contribution >= 0.6 is 0 Å². The van der Waals surface area contributed by atoms with Crippen LogP contribution in [0.1, 0.15) is 0 Å². The predicted octanol–water partition coefficient (Wildman–Crippen LogP) is 4.71. The number of fused-ring (bicyclic) bond motifs is 1. The van der Waals surface area contributed by atoms with E-state index < -0.39 is 30.9 Å². The second-order valence-electron chi connectivity index (χ2n) is 7.38. The molecular weight excluding hydrogens is 407 g/mol. The molecule has 0 aliphatic carbocycles. The number of benzene rings is 2. The van der Waals surface area contributed by atoms with E-state index in [9.17, 15) is 18.0 Å². The lowest BCUT2D eigenvalue weighted by molar-refractivity contribution is -0.107. The number of hydrogen-bond acceptors (Lipinski definition) is 3. The van der Waals surface area contributed by atoms with Crippen molar-refractivity contribution < 1.29 is 18.0 Å². The van der Waals surface area contributed by atoms with Gasteiger partial charge in [-0.2, -0.15) is 0 Å². The van der Waals surface area contributed by atoms with Crippen molar-refractivity contribution in [2.75, 3.05) is 18.4 Å². The van der Waals surface area contributed by atoms with Gasteiger partial charge < -0.3 is 10.2 Å². The molecule has 4 aromatic rings. The molecule has 3 heterocycles. The zero-order valence-electron chi connectivity index (χ0n) is 16.1. The molecular formula is C22H16F3N5O. The van der Waals surface area contributed by atoms with Gasteiger partial charge in [0.2, 0.25) is 0 Å². The minimum atomic E-state index is -2.86. The van der Waals surface area contributed by atoms with E-state index in [1.165, 1.54) is 22.9 Å². The smallest absolute Gasteiger partial charge is 0.312 e. The third-order valence-corrected chi connectivity index (χ3v) is 5.04. The molecule has 0 unspecified atom stereocenters. The van der Waals surface area contributed by atoms with Crippen molar-refractivity contribution >= 4 is 22.8 Å². The summed E-state index contributed by atoms with van der Waals surface area (Å²) in [5, 5.41) is 7.56. The third kappa shape index (κ3) is 3.70. The minimum Gasteiger partial charge on any atom is -0.312 e. The van der Waals surface area contributed by atoms with Gasteiger partial charge in [-0.05, 0) is 29.8 Å². The predicted molar refractivity (Wildman–Crippen MR) is 110 cm³/mol. The van der Waals surface area contributed by atoms with Gasteiger partial charge in [0.15, 0.2) is 5.65 Å². The maximum Gasteiger partial charge on any atom is 0.322 e.